The van der Waals surface area contributed by atoms with Crippen LogP contribution >= 0.6 is 0 Å². The Bertz CT molecular complexity index is 1510. The van der Waals surface area contributed by atoms with Crippen LogP contribution < -0.4 is 4.72 Å². The number of urea groups is 1. The molecule has 45 heavy (non-hydrogen) atoms. The third-order valence-corrected chi connectivity index (χ3v) is 15.0. The minimum atomic E-state index is -3.99. The SMILES string of the molecule is CC[C@@H]1C2C[C@H](O)CCC2(C)C2CCC3(C)[C@@H]([C@H](C)CCN(C)C(=O)NS(=O)(=O)c4ccc5ccccc5c4)CC[C@H]3C2[C@@H]1O. The zero-order valence-corrected chi connectivity index (χ0v) is 28.6. The van der Waals surface area contributed by atoms with E-state index in [2.05, 4.69) is 32.4 Å². The van der Waals surface area contributed by atoms with Crippen molar-refractivity contribution in [3.8, 4) is 0 Å². The molecule has 248 valence electrons. The largest absolute Gasteiger partial charge is 0.393 e. The van der Waals surface area contributed by atoms with Crippen LogP contribution in [0.4, 0.5) is 4.79 Å². The number of carbonyl (C=O) groups excluding carboxylic acids is 1. The number of aliphatic hydroxyl groups excluding tert-OH is 2. The number of hydrogen-bond acceptors (Lipinski definition) is 5. The van der Waals surface area contributed by atoms with Gasteiger partial charge in [-0.2, -0.15) is 0 Å². The van der Waals surface area contributed by atoms with Gasteiger partial charge in [0.05, 0.1) is 17.1 Å². The summed E-state index contributed by atoms with van der Waals surface area (Å²) in [5.41, 5.74) is 0.343. The molecule has 0 aromatic heterocycles. The van der Waals surface area contributed by atoms with Crippen LogP contribution in [0.2, 0.25) is 0 Å². The van der Waals surface area contributed by atoms with Gasteiger partial charge in [-0.05, 0) is 127 Å². The van der Waals surface area contributed by atoms with Gasteiger partial charge in [0.25, 0.3) is 10.0 Å². The fourth-order valence-electron chi connectivity index (χ4n) is 11.2. The molecule has 2 aromatic carbocycles. The highest BCUT2D eigenvalue weighted by Gasteiger charge is 2.64. The van der Waals surface area contributed by atoms with Gasteiger partial charge in [0, 0.05) is 13.6 Å². The lowest BCUT2D eigenvalue weighted by molar-refractivity contribution is -0.203. The van der Waals surface area contributed by atoms with Gasteiger partial charge in [-0.3, -0.25) is 0 Å². The van der Waals surface area contributed by atoms with Crippen molar-refractivity contribution in [1.82, 2.24) is 9.62 Å². The van der Waals surface area contributed by atoms with E-state index in [9.17, 15) is 23.4 Å². The first kappa shape index (κ1) is 32.8. The second-order valence-electron chi connectivity index (χ2n) is 15.7. The first-order valence-electron chi connectivity index (χ1n) is 17.4. The third-order valence-electron chi connectivity index (χ3n) is 13.7. The maximum Gasteiger partial charge on any atom is 0.331 e. The maximum absolute atomic E-state index is 13.1. The lowest BCUT2D eigenvalue weighted by Crippen LogP contribution is -2.62. The van der Waals surface area contributed by atoms with Crippen LogP contribution in [0.25, 0.3) is 10.8 Å². The van der Waals surface area contributed by atoms with E-state index in [0.717, 1.165) is 62.1 Å². The maximum atomic E-state index is 13.1. The Hall–Kier alpha value is -2.16. The summed E-state index contributed by atoms with van der Waals surface area (Å²) in [6, 6.07) is 11.8. The molecule has 4 aliphatic rings. The minimum Gasteiger partial charge on any atom is -0.393 e. The molecule has 5 unspecified atom stereocenters. The predicted molar refractivity (Wildman–Crippen MR) is 178 cm³/mol. The number of hydrogen-bond donors (Lipinski definition) is 3. The standard InChI is InChI=1S/C37H54N2O5S/c1-6-28-32-22-26(40)15-18-37(32,4)31-16-19-36(3)29(13-14-30(36)33(31)34(28)41)23(2)17-20-39(5)35(42)38-45(43,44)27-12-11-24-9-7-8-10-25(24)21-27/h7-12,21,23,26,28-34,40-41H,6,13-20,22H2,1-5H3,(H,38,42)/t23-,26-,28-,29-,30+,31?,32?,33?,34-,36?,37?/m1/s1. The molecule has 0 bridgehead atoms. The number of nitrogens with one attached hydrogen (secondary N) is 1. The van der Waals surface area contributed by atoms with Crippen LogP contribution in [0.3, 0.4) is 0 Å². The summed E-state index contributed by atoms with van der Waals surface area (Å²) in [6.45, 7) is 9.95. The Morgan fingerprint density at radius 1 is 0.978 bits per heavy atom. The highest BCUT2D eigenvalue weighted by atomic mass is 32.2. The number of aliphatic hydroxyl groups is 2. The van der Waals surface area contributed by atoms with Crippen LogP contribution in [0.15, 0.2) is 47.4 Å². The molecule has 2 aromatic rings. The molecular weight excluding hydrogens is 584 g/mol. The highest BCUT2D eigenvalue weighted by Crippen LogP contribution is 2.69. The summed E-state index contributed by atoms with van der Waals surface area (Å²) >= 11 is 0. The van der Waals surface area contributed by atoms with E-state index in [1.807, 2.05) is 24.3 Å². The van der Waals surface area contributed by atoms with Crippen molar-refractivity contribution < 1.29 is 23.4 Å². The van der Waals surface area contributed by atoms with Gasteiger partial charge in [-0.15, -0.1) is 0 Å². The first-order valence-corrected chi connectivity index (χ1v) is 18.9. The van der Waals surface area contributed by atoms with Crippen LogP contribution in [0.1, 0.15) is 85.5 Å². The molecule has 0 saturated heterocycles. The Labute approximate surface area is 270 Å². The molecule has 0 aliphatic heterocycles. The second kappa shape index (κ2) is 12.1. The smallest absolute Gasteiger partial charge is 0.331 e. The van der Waals surface area contributed by atoms with Gasteiger partial charge in [0.2, 0.25) is 0 Å². The summed E-state index contributed by atoms with van der Waals surface area (Å²) in [5.74, 6) is 2.85. The zero-order valence-electron chi connectivity index (χ0n) is 27.8. The summed E-state index contributed by atoms with van der Waals surface area (Å²) in [4.78, 5) is 14.6. The Kier molecular flexibility index (Phi) is 8.83. The van der Waals surface area contributed by atoms with E-state index in [0.29, 0.717) is 42.1 Å². The fraction of sp³-hybridized carbons (Fsp3) is 0.703. The topological polar surface area (TPSA) is 107 Å². The van der Waals surface area contributed by atoms with E-state index < -0.39 is 16.1 Å². The molecule has 3 N–H and O–H groups in total. The van der Waals surface area contributed by atoms with Gasteiger partial charge in [-0.25, -0.2) is 17.9 Å². The Morgan fingerprint density at radius 3 is 2.40 bits per heavy atom. The van der Waals surface area contributed by atoms with Crippen LogP contribution in [-0.4, -0.2) is 55.4 Å². The Morgan fingerprint density at radius 2 is 1.67 bits per heavy atom. The molecule has 4 saturated carbocycles. The zero-order chi connectivity index (χ0) is 32.3. The average molecular weight is 639 g/mol. The van der Waals surface area contributed by atoms with E-state index in [4.69, 9.17) is 0 Å². The van der Waals surface area contributed by atoms with Crippen LogP contribution in [0, 0.1) is 52.3 Å². The molecule has 8 heteroatoms. The number of fused-ring (bicyclic) bond motifs is 6. The van der Waals surface area contributed by atoms with Gasteiger partial charge in [-0.1, -0.05) is 64.4 Å². The van der Waals surface area contributed by atoms with Gasteiger partial charge in [0.1, 0.15) is 0 Å². The molecule has 0 spiro atoms. The molecule has 11 atom stereocenters. The summed E-state index contributed by atoms with van der Waals surface area (Å²) in [7, 11) is -2.32. The molecule has 4 fully saturated rings. The normalized spacial score (nSPS) is 38.6. The molecule has 0 radical (unpaired) electrons. The lowest BCUT2D eigenvalue weighted by atomic mass is 9.41. The summed E-state index contributed by atoms with van der Waals surface area (Å²) in [6.07, 6.45) is 8.61. The van der Waals surface area contributed by atoms with E-state index in [-0.39, 0.29) is 33.9 Å². The van der Waals surface area contributed by atoms with Gasteiger partial charge < -0.3 is 15.1 Å². The summed E-state index contributed by atoms with van der Waals surface area (Å²) < 4.78 is 28.4. The second-order valence-corrected chi connectivity index (χ2v) is 17.4. The van der Waals surface area contributed by atoms with Crippen LogP contribution in [-0.2, 0) is 10.0 Å². The Balaban J connectivity index is 1.10. The number of sulfonamides is 1. The van der Waals surface area contributed by atoms with Crippen LogP contribution in [0.5, 0.6) is 0 Å². The number of nitrogens with zero attached hydrogens (tertiary/aromatic N) is 1. The van der Waals surface area contributed by atoms with E-state index in [1.54, 1.807) is 19.2 Å². The average Bonchev–Trinajstić information content (AvgIpc) is 3.37. The van der Waals surface area contributed by atoms with Crippen molar-refractivity contribution >= 4 is 26.8 Å². The van der Waals surface area contributed by atoms with Crippen molar-refractivity contribution in [2.24, 2.45) is 52.3 Å². The molecule has 2 amide bonds. The van der Waals surface area contributed by atoms with E-state index in [1.165, 1.54) is 17.4 Å². The van der Waals surface area contributed by atoms with Gasteiger partial charge >= 0.3 is 6.03 Å². The summed E-state index contributed by atoms with van der Waals surface area (Å²) in [5, 5.41) is 24.3. The molecule has 6 rings (SSSR count). The quantitative estimate of drug-likeness (QED) is 0.309. The number of amides is 2. The third kappa shape index (κ3) is 5.61. The van der Waals surface area contributed by atoms with E-state index >= 15 is 0 Å². The number of carbonyl (C=O) groups is 1. The fourth-order valence-corrected chi connectivity index (χ4v) is 12.3. The molecule has 0 heterocycles. The minimum absolute atomic E-state index is 0.0802. The molecular formula is C37H54N2O5S. The van der Waals surface area contributed by atoms with Crippen molar-refractivity contribution in [2.45, 2.75) is 103 Å². The lowest BCUT2D eigenvalue weighted by Gasteiger charge is -2.64. The number of benzene rings is 2. The van der Waals surface area contributed by atoms with Crippen molar-refractivity contribution in [2.75, 3.05) is 13.6 Å². The van der Waals surface area contributed by atoms with Gasteiger partial charge in [0.15, 0.2) is 0 Å². The molecule has 4 aliphatic carbocycles. The van der Waals surface area contributed by atoms with Crippen molar-refractivity contribution in [1.29, 1.82) is 0 Å². The first-order chi connectivity index (χ1) is 21.3. The van der Waals surface area contributed by atoms with Crippen molar-refractivity contribution in [3.63, 3.8) is 0 Å². The number of rotatable bonds is 7. The molecule has 7 nitrogen and oxygen atoms in total. The monoisotopic (exact) mass is 638 g/mol. The van der Waals surface area contributed by atoms with Crippen molar-refractivity contribution in [3.05, 3.63) is 42.5 Å². The predicted octanol–water partition coefficient (Wildman–Crippen LogP) is 6.82. The highest BCUT2D eigenvalue weighted by molar-refractivity contribution is 7.90.